The molecule has 3 fully saturated rings. The molecule has 0 bridgehead atoms. The molecule has 1 N–H and O–H groups in total. The van der Waals surface area contributed by atoms with Gasteiger partial charge in [-0.15, -0.1) is 0 Å². The molecule has 0 aliphatic carbocycles. The molecule has 0 aromatic heterocycles. The molecule has 4 rings (SSSR count). The number of nitrogens with zero attached hydrogens (tertiary/aromatic N) is 1. The number of rotatable bonds is 6. The summed E-state index contributed by atoms with van der Waals surface area (Å²) in [6.07, 6.45) is 3.68. The van der Waals surface area contributed by atoms with Crippen molar-refractivity contribution in [3.63, 3.8) is 0 Å². The topological polar surface area (TPSA) is 102 Å². The number of benzene rings is 1. The molecule has 8 nitrogen and oxygen atoms in total. The van der Waals surface area contributed by atoms with Gasteiger partial charge >= 0.3 is 0 Å². The van der Waals surface area contributed by atoms with Crippen LogP contribution in [-0.2, 0) is 29.1 Å². The Bertz CT molecular complexity index is 884. The van der Waals surface area contributed by atoms with Gasteiger partial charge in [-0.1, -0.05) is 18.2 Å². The van der Waals surface area contributed by atoms with Crippen LogP contribution in [0.3, 0.4) is 0 Å². The molecular weight excluding hydrogens is 408 g/mol. The molecule has 3 saturated heterocycles. The third-order valence-electron chi connectivity index (χ3n) is 6.22. The Morgan fingerprint density at radius 2 is 2.00 bits per heavy atom. The van der Waals surface area contributed by atoms with E-state index >= 15 is 0 Å². The average Bonchev–Trinajstić information content (AvgIpc) is 3.07. The van der Waals surface area contributed by atoms with Crippen LogP contribution >= 0.6 is 0 Å². The Morgan fingerprint density at radius 3 is 2.73 bits per heavy atom. The van der Waals surface area contributed by atoms with Crippen molar-refractivity contribution in [2.45, 2.75) is 55.8 Å². The maximum absolute atomic E-state index is 13.0. The first-order chi connectivity index (χ1) is 14.4. The van der Waals surface area contributed by atoms with Crippen LogP contribution in [0.2, 0.25) is 0 Å². The quantitative estimate of drug-likeness (QED) is 0.678. The second kappa shape index (κ2) is 8.74. The zero-order valence-electron chi connectivity index (χ0n) is 16.9. The molecule has 3 aliphatic rings. The largest absolute Gasteiger partial charge is 0.353 e. The maximum atomic E-state index is 13.0. The van der Waals surface area contributed by atoms with Gasteiger partial charge in [0.25, 0.3) is 0 Å². The smallest absolute Gasteiger partial charge is 0.243 e. The predicted octanol–water partition coefficient (Wildman–Crippen LogP) is 1.46. The molecule has 1 unspecified atom stereocenters. The minimum Gasteiger partial charge on any atom is -0.353 e. The highest BCUT2D eigenvalue weighted by atomic mass is 32.2. The highest BCUT2D eigenvalue weighted by molar-refractivity contribution is 7.89. The normalized spacial score (nSPS) is 30.5. The van der Waals surface area contributed by atoms with Crippen LogP contribution in [0.15, 0.2) is 35.2 Å². The second-order valence-corrected chi connectivity index (χ2v) is 10.2. The molecule has 9 heteroatoms. The van der Waals surface area contributed by atoms with E-state index in [2.05, 4.69) is 5.32 Å². The summed E-state index contributed by atoms with van der Waals surface area (Å²) in [5, 5.41) is 2.89. The summed E-state index contributed by atoms with van der Waals surface area (Å²) in [4.78, 5) is 25.8. The van der Waals surface area contributed by atoms with Gasteiger partial charge < -0.3 is 14.8 Å². The number of ketones is 1. The van der Waals surface area contributed by atoms with Crippen molar-refractivity contribution in [1.82, 2.24) is 9.62 Å². The first-order valence-corrected chi connectivity index (χ1v) is 12.0. The van der Waals surface area contributed by atoms with E-state index in [-0.39, 0.29) is 48.4 Å². The van der Waals surface area contributed by atoms with E-state index in [4.69, 9.17) is 9.47 Å². The van der Waals surface area contributed by atoms with Gasteiger partial charge in [-0.25, -0.2) is 8.42 Å². The lowest BCUT2D eigenvalue weighted by molar-refractivity contribution is -0.163. The third-order valence-corrected chi connectivity index (χ3v) is 8.08. The highest BCUT2D eigenvalue weighted by Gasteiger charge is 2.56. The number of hydrogen-bond acceptors (Lipinski definition) is 6. The van der Waals surface area contributed by atoms with Crippen LogP contribution in [0.25, 0.3) is 0 Å². The lowest BCUT2D eigenvalue weighted by Gasteiger charge is -2.36. The molecule has 1 aromatic rings. The monoisotopic (exact) mass is 436 g/mol. The molecule has 3 heterocycles. The van der Waals surface area contributed by atoms with Crippen molar-refractivity contribution in [2.75, 3.05) is 26.3 Å². The first-order valence-electron chi connectivity index (χ1n) is 10.5. The first kappa shape index (κ1) is 21.4. The number of hydrogen-bond donors (Lipinski definition) is 1. The van der Waals surface area contributed by atoms with E-state index in [9.17, 15) is 18.0 Å². The number of carbonyl (C=O) groups is 2. The van der Waals surface area contributed by atoms with E-state index in [1.807, 2.05) is 0 Å². The fourth-order valence-corrected chi connectivity index (χ4v) is 6.03. The molecule has 30 heavy (non-hydrogen) atoms. The number of nitrogens with one attached hydrogen (secondary N) is 1. The number of carbonyl (C=O) groups excluding carboxylic acids is 2. The molecule has 0 radical (unpaired) electrons. The van der Waals surface area contributed by atoms with Gasteiger partial charge in [0.05, 0.1) is 11.5 Å². The van der Waals surface area contributed by atoms with Crippen molar-refractivity contribution < 1.29 is 27.5 Å². The van der Waals surface area contributed by atoms with E-state index in [0.29, 0.717) is 26.1 Å². The number of piperidine rings is 1. The Morgan fingerprint density at radius 1 is 1.20 bits per heavy atom. The van der Waals surface area contributed by atoms with Gasteiger partial charge in [0.2, 0.25) is 15.9 Å². The Balaban J connectivity index is 1.41. The fourth-order valence-electron chi connectivity index (χ4n) is 4.50. The zero-order chi connectivity index (χ0) is 21.2. The predicted molar refractivity (Wildman–Crippen MR) is 108 cm³/mol. The summed E-state index contributed by atoms with van der Waals surface area (Å²) in [5.41, 5.74) is -1.31. The molecular formula is C21H28N2O6S. The van der Waals surface area contributed by atoms with Gasteiger partial charge in [0.1, 0.15) is 5.41 Å². The lowest BCUT2D eigenvalue weighted by atomic mass is 9.76. The Labute approximate surface area is 177 Å². The summed E-state index contributed by atoms with van der Waals surface area (Å²) in [7, 11) is -3.76. The SMILES string of the molecule is O=C1CCN(S(=O)(=O)c2ccccc2)C[C@@]12C[C@@H](CCOC1CCCCO1)NC2=O. The molecule has 1 amide bonds. The molecule has 3 aliphatic heterocycles. The van der Waals surface area contributed by atoms with E-state index in [1.54, 1.807) is 18.2 Å². The number of amides is 1. The third kappa shape index (κ3) is 4.16. The van der Waals surface area contributed by atoms with Crippen molar-refractivity contribution in [1.29, 1.82) is 0 Å². The van der Waals surface area contributed by atoms with Crippen molar-refractivity contribution in [2.24, 2.45) is 5.41 Å². The number of sulfonamides is 1. The molecule has 164 valence electrons. The minimum absolute atomic E-state index is 0.0403. The highest BCUT2D eigenvalue weighted by Crippen LogP contribution is 2.39. The molecule has 0 saturated carbocycles. The van der Waals surface area contributed by atoms with Crippen LogP contribution in [0.4, 0.5) is 0 Å². The molecule has 1 spiro atoms. The van der Waals surface area contributed by atoms with Gasteiger partial charge in [0, 0.05) is 32.2 Å². The summed E-state index contributed by atoms with van der Waals surface area (Å²) in [5.74, 6) is -0.557. The van der Waals surface area contributed by atoms with Crippen LogP contribution in [-0.4, -0.2) is 63.0 Å². The Hall–Kier alpha value is -1.81. The maximum Gasteiger partial charge on any atom is 0.243 e. The van der Waals surface area contributed by atoms with Gasteiger partial charge in [-0.05, 0) is 44.2 Å². The standard InChI is InChI=1S/C21H28N2O6S/c24-18-9-11-23(30(26,27)17-6-2-1-3-7-17)15-21(18)14-16(22-20(21)25)10-13-29-19-8-4-5-12-28-19/h1-3,6-7,16,19H,4-5,8-15H2,(H,22,25)/t16-,19?,21+/m1/s1. The van der Waals surface area contributed by atoms with Crippen molar-refractivity contribution >= 4 is 21.7 Å². The van der Waals surface area contributed by atoms with E-state index < -0.39 is 15.4 Å². The zero-order valence-corrected chi connectivity index (χ0v) is 17.7. The van der Waals surface area contributed by atoms with Gasteiger partial charge in [-0.3, -0.25) is 9.59 Å². The second-order valence-electron chi connectivity index (χ2n) is 8.24. The summed E-state index contributed by atoms with van der Waals surface area (Å²) >= 11 is 0. The summed E-state index contributed by atoms with van der Waals surface area (Å²) in [6, 6.07) is 7.90. The van der Waals surface area contributed by atoms with Gasteiger partial charge in [-0.2, -0.15) is 4.31 Å². The molecule has 3 atom stereocenters. The summed E-state index contributed by atoms with van der Waals surface area (Å²) < 4.78 is 38.6. The van der Waals surface area contributed by atoms with Crippen LogP contribution in [0.5, 0.6) is 0 Å². The van der Waals surface area contributed by atoms with Crippen molar-refractivity contribution in [3.05, 3.63) is 30.3 Å². The van der Waals surface area contributed by atoms with Crippen LogP contribution in [0, 0.1) is 5.41 Å². The lowest BCUT2D eigenvalue weighted by Crippen LogP contribution is -2.54. The summed E-state index contributed by atoms with van der Waals surface area (Å²) in [6.45, 7) is 1.11. The van der Waals surface area contributed by atoms with E-state index in [1.165, 1.54) is 16.4 Å². The van der Waals surface area contributed by atoms with Gasteiger partial charge in [0.15, 0.2) is 12.1 Å². The van der Waals surface area contributed by atoms with Crippen LogP contribution < -0.4 is 5.32 Å². The van der Waals surface area contributed by atoms with Crippen LogP contribution in [0.1, 0.15) is 38.5 Å². The number of Topliss-reactive ketones (excluding diaryl/α,β-unsaturated/α-hetero) is 1. The minimum atomic E-state index is -3.76. The fraction of sp³-hybridized carbons (Fsp3) is 0.619. The van der Waals surface area contributed by atoms with Crippen molar-refractivity contribution in [3.8, 4) is 0 Å². The number of ether oxygens (including phenoxy) is 2. The Kier molecular flexibility index (Phi) is 6.24. The van der Waals surface area contributed by atoms with E-state index in [0.717, 1.165) is 19.3 Å². The molecule has 1 aromatic carbocycles. The average molecular weight is 437 g/mol.